The number of phosphoric ester groups is 1. The van der Waals surface area contributed by atoms with Crippen molar-refractivity contribution in [3.8, 4) is 0 Å². The molecule has 6 heterocycles. The molecule has 184 valence electrons. The molecule has 3 aromatic heterocycles. The second-order valence-electron chi connectivity index (χ2n) is 8.42. The molecule has 3 aliphatic heterocycles. The van der Waals surface area contributed by atoms with E-state index >= 15 is 0 Å². The second kappa shape index (κ2) is 8.21. The zero-order chi connectivity index (χ0) is 24.2. The van der Waals surface area contributed by atoms with Crippen molar-refractivity contribution >= 4 is 31.0 Å². The molecule has 3 aromatic rings. The van der Waals surface area contributed by atoms with E-state index in [9.17, 15) is 9.36 Å². The van der Waals surface area contributed by atoms with Gasteiger partial charge in [0.2, 0.25) is 0 Å². The van der Waals surface area contributed by atoms with Crippen molar-refractivity contribution in [2.75, 3.05) is 18.9 Å². The lowest BCUT2D eigenvalue weighted by molar-refractivity contribution is -0.0925. The maximum absolute atomic E-state index is 13.2. The molecule has 6 rings (SSSR count). The van der Waals surface area contributed by atoms with Crippen molar-refractivity contribution in [2.24, 2.45) is 0 Å². The number of aromatic nitrogens is 5. The van der Waals surface area contributed by atoms with Crippen molar-refractivity contribution in [1.82, 2.24) is 24.5 Å². The van der Waals surface area contributed by atoms with Gasteiger partial charge in [0.1, 0.15) is 17.9 Å². The summed E-state index contributed by atoms with van der Waals surface area (Å²) in [4.78, 5) is 28.5. The van der Waals surface area contributed by atoms with Crippen molar-refractivity contribution in [2.45, 2.75) is 43.5 Å². The van der Waals surface area contributed by atoms with E-state index in [4.69, 9.17) is 33.5 Å². The Morgan fingerprint density at radius 1 is 1.29 bits per heavy atom. The molecular weight excluding hydrogens is 483 g/mol. The van der Waals surface area contributed by atoms with Crippen molar-refractivity contribution in [3.05, 3.63) is 42.7 Å². The highest BCUT2D eigenvalue weighted by Gasteiger charge is 2.64. The Kier molecular flexibility index (Phi) is 5.23. The monoisotopic (exact) mass is 504 g/mol. The summed E-state index contributed by atoms with van der Waals surface area (Å²) in [6.07, 6.45) is 2.57. The van der Waals surface area contributed by atoms with E-state index in [0.29, 0.717) is 17.6 Å². The lowest BCUT2D eigenvalue weighted by Crippen LogP contribution is -2.42. The van der Waals surface area contributed by atoms with E-state index in [1.54, 1.807) is 36.0 Å². The highest BCUT2D eigenvalue weighted by molar-refractivity contribution is 7.48. The molecule has 14 nitrogen and oxygen atoms in total. The maximum atomic E-state index is 13.2. The average molecular weight is 504 g/mol. The van der Waals surface area contributed by atoms with Gasteiger partial charge in [0.05, 0.1) is 25.6 Å². The van der Waals surface area contributed by atoms with E-state index in [0.717, 1.165) is 5.56 Å². The molecule has 0 radical (unpaired) electrons. The Labute approximate surface area is 198 Å². The number of carbonyl (C=O) groups is 1. The van der Waals surface area contributed by atoms with E-state index in [1.807, 2.05) is 0 Å². The highest BCUT2D eigenvalue weighted by Crippen LogP contribution is 2.58. The first-order valence-corrected chi connectivity index (χ1v) is 12.3. The number of anilines is 1. The molecule has 3 fully saturated rings. The van der Waals surface area contributed by atoms with Crippen LogP contribution < -0.4 is 5.73 Å². The van der Waals surface area contributed by atoms with E-state index in [2.05, 4.69) is 19.9 Å². The largest absolute Gasteiger partial charge is 0.509 e. The van der Waals surface area contributed by atoms with Crippen LogP contribution in [0.15, 0.2) is 37.2 Å². The quantitative estimate of drug-likeness (QED) is 0.396. The number of carbonyl (C=O) groups excluding carboxylic acids is 1. The van der Waals surface area contributed by atoms with Gasteiger partial charge in [-0.3, -0.25) is 23.1 Å². The number of rotatable bonds is 5. The number of imidazole rings is 1. The third-order valence-electron chi connectivity index (χ3n) is 6.22. The summed E-state index contributed by atoms with van der Waals surface area (Å²) in [7, 11) is -3.92. The van der Waals surface area contributed by atoms with Crippen LogP contribution in [0.2, 0.25) is 0 Å². The third-order valence-corrected chi connectivity index (χ3v) is 7.70. The lowest BCUT2D eigenvalue weighted by atomic mass is 9.96. The minimum atomic E-state index is -3.92. The molecule has 0 spiro atoms. The zero-order valence-corrected chi connectivity index (χ0v) is 19.3. The maximum Gasteiger partial charge on any atom is 0.509 e. The number of ether oxygens (including phenoxy) is 3. The summed E-state index contributed by atoms with van der Waals surface area (Å²) in [6, 6.07) is 3.55. The molecule has 0 unspecified atom stereocenters. The number of fused-ring (bicyclic) bond motifs is 2. The summed E-state index contributed by atoms with van der Waals surface area (Å²) in [6.45, 7) is 1.59. The first-order chi connectivity index (χ1) is 16.9. The molecule has 0 aliphatic carbocycles. The van der Waals surface area contributed by atoms with Gasteiger partial charge in [-0.05, 0) is 24.6 Å². The van der Waals surface area contributed by atoms with Gasteiger partial charge in [0.15, 0.2) is 29.4 Å². The summed E-state index contributed by atoms with van der Waals surface area (Å²) in [5.74, 6) is 0.196. The van der Waals surface area contributed by atoms with Gasteiger partial charge in [0.25, 0.3) is 0 Å². The number of nitrogens with zero attached hydrogens (tertiary/aromatic N) is 5. The standard InChI is InChI=1S/C20H21N6O8P/c1-20-15(32-19(27)33-20)13(31-18(20)26-10-25-14-16(21)23-9-24-17(14)26)8-30-35(28)29-7-4-12(34-35)11-2-5-22-6-3-11/h2-3,5-6,9-10,12-13,15,18H,4,7-8H2,1H3,(H2,21,23,24)/t12-,13+,15+,18+,20+,35+/m0/s1. The van der Waals surface area contributed by atoms with E-state index in [1.165, 1.54) is 12.7 Å². The van der Waals surface area contributed by atoms with Crippen LogP contribution in [0.4, 0.5) is 10.6 Å². The smallest absolute Gasteiger partial charge is 0.424 e. The van der Waals surface area contributed by atoms with Crippen LogP contribution in [0.1, 0.15) is 31.2 Å². The number of nitrogens with two attached hydrogens (primary N) is 1. The summed E-state index contributed by atoms with van der Waals surface area (Å²) in [5.41, 5.74) is 6.21. The number of hydrogen-bond acceptors (Lipinski definition) is 13. The number of hydrogen-bond donors (Lipinski definition) is 1. The summed E-state index contributed by atoms with van der Waals surface area (Å²) in [5, 5.41) is 0. The molecule has 0 amide bonds. The topological polar surface area (TPSA) is 172 Å². The summed E-state index contributed by atoms with van der Waals surface area (Å²) < 4.78 is 48.5. The predicted octanol–water partition coefficient (Wildman–Crippen LogP) is 2.30. The molecule has 0 saturated carbocycles. The number of nitrogen functional groups attached to an aromatic ring is 1. The number of pyridine rings is 1. The highest BCUT2D eigenvalue weighted by atomic mass is 31.2. The molecule has 15 heteroatoms. The molecule has 35 heavy (non-hydrogen) atoms. The second-order valence-corrected chi connectivity index (χ2v) is 10.0. The lowest BCUT2D eigenvalue weighted by Gasteiger charge is -2.29. The SMILES string of the molecule is C[C@@]12OC(=O)O[C@@H]1[C@@H](CO[P@@]1(=O)OCC[C@@H](c3ccncc3)O1)O[C@H]2n1cnc2c(N)ncnc21. The van der Waals surface area contributed by atoms with Crippen LogP contribution >= 0.6 is 7.82 Å². The predicted molar refractivity (Wildman–Crippen MR) is 116 cm³/mol. The van der Waals surface area contributed by atoms with Crippen LogP contribution in [-0.4, -0.2) is 61.7 Å². The van der Waals surface area contributed by atoms with Gasteiger partial charge in [-0.25, -0.2) is 24.3 Å². The molecule has 3 aliphatic rings. The van der Waals surface area contributed by atoms with Crippen LogP contribution in [0.5, 0.6) is 0 Å². The molecule has 2 N–H and O–H groups in total. The molecule has 0 aromatic carbocycles. The van der Waals surface area contributed by atoms with Crippen molar-refractivity contribution in [3.63, 3.8) is 0 Å². The van der Waals surface area contributed by atoms with Gasteiger partial charge in [-0.1, -0.05) is 0 Å². The normalized spacial score (nSPS) is 34.5. The Hall–Kier alpha value is -3.16. The molecular formula is C20H21N6O8P. The fourth-order valence-corrected chi connectivity index (χ4v) is 5.94. The fourth-order valence-electron chi connectivity index (χ4n) is 4.55. The van der Waals surface area contributed by atoms with Gasteiger partial charge < -0.3 is 19.9 Å². The Bertz CT molecular complexity index is 1320. The van der Waals surface area contributed by atoms with E-state index in [-0.39, 0.29) is 19.0 Å². The van der Waals surface area contributed by atoms with Crippen LogP contribution in [-0.2, 0) is 32.3 Å². The van der Waals surface area contributed by atoms with Gasteiger partial charge in [-0.2, -0.15) is 0 Å². The fraction of sp³-hybridized carbons (Fsp3) is 0.450. The van der Waals surface area contributed by atoms with Crippen molar-refractivity contribution in [1.29, 1.82) is 0 Å². The summed E-state index contributed by atoms with van der Waals surface area (Å²) >= 11 is 0. The first-order valence-electron chi connectivity index (χ1n) is 10.8. The van der Waals surface area contributed by atoms with Gasteiger partial charge in [-0.15, -0.1) is 0 Å². The number of phosphoric acid groups is 1. The average Bonchev–Trinajstić information content (AvgIpc) is 3.48. The molecule has 3 saturated heterocycles. The Balaban J connectivity index is 1.23. The van der Waals surface area contributed by atoms with Crippen LogP contribution in [0, 0.1) is 0 Å². The third kappa shape index (κ3) is 3.74. The minimum absolute atomic E-state index is 0.180. The van der Waals surface area contributed by atoms with Crippen molar-refractivity contribution < 1.29 is 37.1 Å². The molecule has 6 atom stereocenters. The zero-order valence-electron chi connectivity index (χ0n) is 18.4. The van der Waals surface area contributed by atoms with Gasteiger partial charge in [0, 0.05) is 18.8 Å². The Morgan fingerprint density at radius 3 is 2.94 bits per heavy atom. The van der Waals surface area contributed by atoms with E-state index < -0.39 is 44.1 Å². The van der Waals surface area contributed by atoms with Crippen LogP contribution in [0.3, 0.4) is 0 Å². The van der Waals surface area contributed by atoms with Gasteiger partial charge >= 0.3 is 14.0 Å². The molecule has 0 bridgehead atoms. The minimum Gasteiger partial charge on any atom is -0.424 e. The van der Waals surface area contributed by atoms with Crippen LogP contribution in [0.25, 0.3) is 11.2 Å². The first kappa shape index (κ1) is 22.3. The Morgan fingerprint density at radius 2 is 2.11 bits per heavy atom.